The van der Waals surface area contributed by atoms with E-state index in [2.05, 4.69) is 11.9 Å². The lowest BCUT2D eigenvalue weighted by molar-refractivity contribution is -0.104. The zero-order valence-corrected chi connectivity index (χ0v) is 10.1. The second-order valence-corrected chi connectivity index (χ2v) is 4.46. The average molecular weight is 228 g/mol. The van der Waals surface area contributed by atoms with Gasteiger partial charge in [-0.15, -0.1) is 0 Å². The van der Waals surface area contributed by atoms with Gasteiger partial charge in [0.1, 0.15) is 0 Å². The van der Waals surface area contributed by atoms with Crippen molar-refractivity contribution >= 4 is 24.1 Å². The zero-order valence-electron chi connectivity index (χ0n) is 9.37. The highest BCUT2D eigenvalue weighted by Crippen LogP contribution is 2.29. The van der Waals surface area contributed by atoms with E-state index in [0.29, 0.717) is 10.6 Å². The Kier molecular flexibility index (Phi) is 5.03. The summed E-state index contributed by atoms with van der Waals surface area (Å²) in [6.45, 7) is 4.23. The van der Waals surface area contributed by atoms with Gasteiger partial charge in [0.25, 0.3) is 0 Å². The summed E-state index contributed by atoms with van der Waals surface area (Å²) in [5, 5.41) is 0.668. The van der Waals surface area contributed by atoms with Gasteiger partial charge in [0, 0.05) is 22.7 Å². The Bertz CT molecular complexity index is 283. The number of dihydropyridines is 1. The van der Waals surface area contributed by atoms with Gasteiger partial charge in [-0.25, -0.2) is 0 Å². The van der Waals surface area contributed by atoms with E-state index in [9.17, 15) is 4.79 Å². The fourth-order valence-corrected chi connectivity index (χ4v) is 2.05. The Labute approximate surface area is 96.4 Å². The third-order valence-corrected chi connectivity index (χ3v) is 3.45. The molecule has 2 atom stereocenters. The predicted octanol–water partition coefficient (Wildman–Crippen LogP) is 3.35. The van der Waals surface area contributed by atoms with Crippen molar-refractivity contribution in [2.45, 2.75) is 45.6 Å². The van der Waals surface area contributed by atoms with Crippen LogP contribution in [0.3, 0.4) is 0 Å². The van der Waals surface area contributed by atoms with Crippen molar-refractivity contribution in [3.8, 4) is 0 Å². The topological polar surface area (TPSA) is 29.4 Å². The van der Waals surface area contributed by atoms with Crippen molar-refractivity contribution in [1.82, 2.24) is 0 Å². The molecule has 0 N–H and O–H groups in total. The first-order valence-corrected chi connectivity index (χ1v) is 5.96. The fourth-order valence-electron chi connectivity index (χ4n) is 1.81. The van der Waals surface area contributed by atoms with Gasteiger partial charge in [0.2, 0.25) is 0 Å². The number of carbonyl (C=O) groups excluding carboxylic acids is 1. The summed E-state index contributed by atoms with van der Waals surface area (Å²) in [5.41, 5.74) is 0.538. The maximum Gasteiger partial charge on any atom is 0.152 e. The molecule has 1 heterocycles. The van der Waals surface area contributed by atoms with Crippen LogP contribution in [0.5, 0.6) is 0 Å². The Morgan fingerprint density at radius 2 is 2.27 bits per heavy atom. The van der Waals surface area contributed by atoms with E-state index >= 15 is 0 Å². The summed E-state index contributed by atoms with van der Waals surface area (Å²) in [7, 11) is 0. The molecule has 0 aromatic carbocycles. The number of aliphatic imine (C=N–C) groups is 1. The number of hydrogen-bond acceptors (Lipinski definition) is 2. The SMILES string of the molecule is CCCCCC1N=CC(C=O)=C(Cl)C1C. The predicted molar refractivity (Wildman–Crippen MR) is 64.5 cm³/mol. The highest BCUT2D eigenvalue weighted by Gasteiger charge is 2.24. The summed E-state index contributed by atoms with van der Waals surface area (Å²) >= 11 is 6.10. The first-order valence-electron chi connectivity index (χ1n) is 5.58. The summed E-state index contributed by atoms with van der Waals surface area (Å²) < 4.78 is 0. The van der Waals surface area contributed by atoms with E-state index in [0.717, 1.165) is 12.7 Å². The molecule has 84 valence electrons. The van der Waals surface area contributed by atoms with E-state index in [4.69, 9.17) is 11.6 Å². The van der Waals surface area contributed by atoms with Crippen LogP contribution in [0.15, 0.2) is 15.6 Å². The maximum atomic E-state index is 10.6. The third-order valence-electron chi connectivity index (χ3n) is 2.89. The van der Waals surface area contributed by atoms with Gasteiger partial charge in [0.05, 0.1) is 6.04 Å². The second kappa shape index (κ2) is 6.06. The Balaban J connectivity index is 2.56. The number of carbonyl (C=O) groups is 1. The molecule has 2 nitrogen and oxygen atoms in total. The summed E-state index contributed by atoms with van der Waals surface area (Å²) in [5.74, 6) is 0.189. The van der Waals surface area contributed by atoms with Crippen LogP contribution in [0.2, 0.25) is 0 Å². The van der Waals surface area contributed by atoms with E-state index in [-0.39, 0.29) is 12.0 Å². The molecule has 0 saturated carbocycles. The minimum Gasteiger partial charge on any atom is -0.298 e. The molecule has 0 aromatic rings. The van der Waals surface area contributed by atoms with Gasteiger partial charge in [-0.1, -0.05) is 44.7 Å². The normalized spacial score (nSPS) is 25.8. The standard InChI is InChI=1S/C12H18ClNO/c1-3-4-5-6-11-9(2)12(13)10(8-15)7-14-11/h7-9,11H,3-6H2,1-2H3. The number of rotatable bonds is 5. The molecule has 0 fully saturated rings. The summed E-state index contributed by atoms with van der Waals surface area (Å²) in [6, 6.07) is 0.257. The number of aldehydes is 1. The van der Waals surface area contributed by atoms with E-state index in [1.807, 2.05) is 6.92 Å². The highest BCUT2D eigenvalue weighted by molar-refractivity contribution is 6.34. The van der Waals surface area contributed by atoms with Crippen LogP contribution in [0.1, 0.15) is 39.5 Å². The smallest absolute Gasteiger partial charge is 0.152 e. The summed E-state index contributed by atoms with van der Waals surface area (Å²) in [4.78, 5) is 15.0. The van der Waals surface area contributed by atoms with Gasteiger partial charge < -0.3 is 0 Å². The van der Waals surface area contributed by atoms with Crippen LogP contribution in [0.25, 0.3) is 0 Å². The average Bonchev–Trinajstić information content (AvgIpc) is 2.25. The molecule has 3 heteroatoms. The van der Waals surface area contributed by atoms with Crippen molar-refractivity contribution in [2.75, 3.05) is 0 Å². The van der Waals surface area contributed by atoms with Gasteiger partial charge in [-0.2, -0.15) is 0 Å². The minimum atomic E-state index is 0.189. The molecule has 0 spiro atoms. The molecule has 0 aromatic heterocycles. The molecule has 15 heavy (non-hydrogen) atoms. The number of halogens is 1. The van der Waals surface area contributed by atoms with Crippen LogP contribution in [-0.2, 0) is 4.79 Å². The van der Waals surface area contributed by atoms with Crippen LogP contribution in [-0.4, -0.2) is 18.5 Å². The van der Waals surface area contributed by atoms with E-state index in [1.165, 1.54) is 19.3 Å². The second-order valence-electron chi connectivity index (χ2n) is 4.05. The molecule has 0 amide bonds. The van der Waals surface area contributed by atoms with Crippen molar-refractivity contribution in [2.24, 2.45) is 10.9 Å². The van der Waals surface area contributed by atoms with Crippen LogP contribution in [0, 0.1) is 5.92 Å². The molecule has 0 aliphatic carbocycles. The number of unbranched alkanes of at least 4 members (excludes halogenated alkanes) is 2. The van der Waals surface area contributed by atoms with Crippen LogP contribution >= 0.6 is 11.6 Å². The van der Waals surface area contributed by atoms with Gasteiger partial charge in [-0.05, 0) is 6.42 Å². The van der Waals surface area contributed by atoms with Gasteiger partial charge in [0.15, 0.2) is 6.29 Å². The fraction of sp³-hybridized carbons (Fsp3) is 0.667. The Morgan fingerprint density at radius 3 is 2.87 bits per heavy atom. The van der Waals surface area contributed by atoms with E-state index in [1.54, 1.807) is 6.21 Å². The molecular formula is C12H18ClNO. The van der Waals surface area contributed by atoms with Crippen LogP contribution < -0.4 is 0 Å². The Morgan fingerprint density at radius 1 is 1.53 bits per heavy atom. The first-order chi connectivity index (χ1) is 7.20. The first kappa shape index (κ1) is 12.4. The lowest BCUT2D eigenvalue weighted by atomic mass is 9.92. The molecule has 2 unspecified atom stereocenters. The maximum absolute atomic E-state index is 10.6. The Hall–Kier alpha value is -0.630. The largest absolute Gasteiger partial charge is 0.298 e. The zero-order chi connectivity index (χ0) is 11.3. The van der Waals surface area contributed by atoms with Crippen molar-refractivity contribution in [3.05, 3.63) is 10.6 Å². The van der Waals surface area contributed by atoms with Gasteiger partial charge in [-0.3, -0.25) is 9.79 Å². The molecule has 0 bridgehead atoms. The number of hydrogen-bond donors (Lipinski definition) is 0. The lowest BCUT2D eigenvalue weighted by Gasteiger charge is -2.23. The third kappa shape index (κ3) is 3.16. The minimum absolute atomic E-state index is 0.189. The van der Waals surface area contributed by atoms with E-state index < -0.39 is 0 Å². The molecule has 1 aliphatic rings. The molecule has 0 saturated heterocycles. The van der Waals surface area contributed by atoms with Crippen LogP contribution in [0.4, 0.5) is 0 Å². The summed E-state index contributed by atoms with van der Waals surface area (Å²) in [6.07, 6.45) is 7.10. The monoisotopic (exact) mass is 227 g/mol. The van der Waals surface area contributed by atoms with Crippen molar-refractivity contribution < 1.29 is 4.79 Å². The molecular weight excluding hydrogens is 210 g/mol. The molecule has 0 radical (unpaired) electrons. The highest BCUT2D eigenvalue weighted by atomic mass is 35.5. The molecule has 1 rings (SSSR count). The quantitative estimate of drug-likeness (QED) is 0.523. The molecule has 1 aliphatic heterocycles. The lowest BCUT2D eigenvalue weighted by Crippen LogP contribution is -2.22. The number of nitrogens with zero attached hydrogens (tertiary/aromatic N) is 1. The number of allylic oxidation sites excluding steroid dienone is 1. The van der Waals surface area contributed by atoms with Crippen molar-refractivity contribution in [3.63, 3.8) is 0 Å². The van der Waals surface area contributed by atoms with Gasteiger partial charge >= 0.3 is 0 Å². The van der Waals surface area contributed by atoms with Crippen molar-refractivity contribution in [1.29, 1.82) is 0 Å².